The van der Waals surface area contributed by atoms with Crippen molar-refractivity contribution in [1.82, 2.24) is 0 Å². The molecule has 0 fully saturated rings. The summed E-state index contributed by atoms with van der Waals surface area (Å²) >= 11 is 0. The number of ether oxygens (including phenoxy) is 2. The molecule has 1 unspecified atom stereocenters. The molecule has 0 heterocycles. The van der Waals surface area contributed by atoms with Gasteiger partial charge in [-0.15, -0.1) is 0 Å². The molecule has 0 saturated heterocycles. The number of methoxy groups -OCH3 is 2. The minimum absolute atomic E-state index is 0.194. The van der Waals surface area contributed by atoms with Gasteiger partial charge in [0.15, 0.2) is 0 Å². The molecule has 18 heavy (non-hydrogen) atoms. The number of rotatable bonds is 7. The third kappa shape index (κ3) is 3.73. The van der Waals surface area contributed by atoms with Gasteiger partial charge >= 0.3 is 0 Å². The lowest BCUT2D eigenvalue weighted by molar-refractivity contribution is 0.171. The second-order valence-corrected chi connectivity index (χ2v) is 4.12. The first-order valence-electron chi connectivity index (χ1n) is 5.98. The summed E-state index contributed by atoms with van der Waals surface area (Å²) in [5.74, 6) is 0. The van der Waals surface area contributed by atoms with Gasteiger partial charge in [0.2, 0.25) is 0 Å². The summed E-state index contributed by atoms with van der Waals surface area (Å²) in [6.07, 6.45) is 0. The van der Waals surface area contributed by atoms with Crippen LogP contribution in [0.15, 0.2) is 24.3 Å². The van der Waals surface area contributed by atoms with Gasteiger partial charge in [-0.2, -0.15) is 5.26 Å². The predicted octanol–water partition coefficient (Wildman–Crippen LogP) is 2.05. The number of para-hydroxylation sites is 1. The summed E-state index contributed by atoms with van der Waals surface area (Å²) in [6, 6.07) is 10.0. The van der Waals surface area contributed by atoms with Gasteiger partial charge in [0.05, 0.1) is 24.5 Å². The maximum absolute atomic E-state index is 9.17. The second-order valence-electron chi connectivity index (χ2n) is 4.12. The first-order chi connectivity index (χ1) is 8.74. The van der Waals surface area contributed by atoms with Gasteiger partial charge in [-0.05, 0) is 19.1 Å². The Kier molecular flexibility index (Phi) is 6.20. The third-order valence-corrected chi connectivity index (χ3v) is 2.81. The number of hydrogen-bond acceptors (Lipinski definition) is 4. The van der Waals surface area contributed by atoms with Crippen LogP contribution in [0.3, 0.4) is 0 Å². The van der Waals surface area contributed by atoms with Crippen LogP contribution in [0, 0.1) is 11.3 Å². The topological polar surface area (TPSA) is 45.5 Å². The molecule has 98 valence electrons. The van der Waals surface area contributed by atoms with Crippen LogP contribution in [0.1, 0.15) is 12.5 Å². The number of anilines is 1. The van der Waals surface area contributed by atoms with Crippen LogP contribution < -0.4 is 4.90 Å². The Morgan fingerprint density at radius 1 is 1.28 bits per heavy atom. The van der Waals surface area contributed by atoms with Gasteiger partial charge in [-0.3, -0.25) is 0 Å². The molecule has 1 aromatic rings. The summed E-state index contributed by atoms with van der Waals surface area (Å²) in [4.78, 5) is 2.14. The highest BCUT2D eigenvalue weighted by molar-refractivity contribution is 5.59. The maximum atomic E-state index is 9.17. The fourth-order valence-corrected chi connectivity index (χ4v) is 1.92. The maximum Gasteiger partial charge on any atom is 0.101 e. The van der Waals surface area contributed by atoms with Gasteiger partial charge < -0.3 is 14.4 Å². The molecular formula is C14H20N2O2. The first kappa shape index (κ1) is 14.5. The summed E-state index contributed by atoms with van der Waals surface area (Å²) < 4.78 is 10.3. The molecule has 0 N–H and O–H groups in total. The van der Waals surface area contributed by atoms with Gasteiger partial charge in [0, 0.05) is 26.8 Å². The number of nitriles is 1. The zero-order valence-corrected chi connectivity index (χ0v) is 11.2. The van der Waals surface area contributed by atoms with Crippen LogP contribution in [-0.4, -0.2) is 40.0 Å². The molecule has 4 nitrogen and oxygen atoms in total. The van der Waals surface area contributed by atoms with Gasteiger partial charge in [0.25, 0.3) is 0 Å². The zero-order valence-electron chi connectivity index (χ0n) is 11.2. The van der Waals surface area contributed by atoms with E-state index in [1.54, 1.807) is 14.2 Å². The van der Waals surface area contributed by atoms with Crippen molar-refractivity contribution in [2.75, 3.05) is 38.9 Å². The molecule has 0 aromatic heterocycles. The molecule has 1 atom stereocenters. The van der Waals surface area contributed by atoms with E-state index >= 15 is 0 Å². The van der Waals surface area contributed by atoms with Crippen LogP contribution in [0.4, 0.5) is 5.69 Å². The molecule has 1 rings (SSSR count). The first-order valence-corrected chi connectivity index (χ1v) is 5.98. The van der Waals surface area contributed by atoms with E-state index < -0.39 is 0 Å². The van der Waals surface area contributed by atoms with E-state index in [-0.39, 0.29) is 6.04 Å². The van der Waals surface area contributed by atoms with Gasteiger partial charge in [-0.25, -0.2) is 0 Å². The van der Waals surface area contributed by atoms with Crippen molar-refractivity contribution in [1.29, 1.82) is 5.26 Å². The van der Waals surface area contributed by atoms with Crippen molar-refractivity contribution in [2.45, 2.75) is 13.0 Å². The van der Waals surface area contributed by atoms with Crippen LogP contribution in [0.25, 0.3) is 0 Å². The summed E-state index contributed by atoms with van der Waals surface area (Å²) in [5.41, 5.74) is 1.61. The van der Waals surface area contributed by atoms with E-state index in [2.05, 4.69) is 17.9 Å². The van der Waals surface area contributed by atoms with E-state index in [0.717, 1.165) is 12.2 Å². The number of nitrogens with zero attached hydrogens (tertiary/aromatic N) is 2. The second kappa shape index (κ2) is 7.70. The highest BCUT2D eigenvalue weighted by Gasteiger charge is 2.16. The molecule has 0 spiro atoms. The average Bonchev–Trinajstić information content (AvgIpc) is 2.40. The van der Waals surface area contributed by atoms with Gasteiger partial charge in [-0.1, -0.05) is 12.1 Å². The Labute approximate surface area is 109 Å². The predicted molar refractivity (Wildman–Crippen MR) is 71.7 cm³/mol. The Morgan fingerprint density at radius 3 is 2.61 bits per heavy atom. The Balaban J connectivity index is 2.97. The molecular weight excluding hydrogens is 228 g/mol. The lowest BCUT2D eigenvalue weighted by atomic mass is 10.1. The molecule has 1 aromatic carbocycles. The average molecular weight is 248 g/mol. The smallest absolute Gasteiger partial charge is 0.101 e. The fourth-order valence-electron chi connectivity index (χ4n) is 1.92. The van der Waals surface area contributed by atoms with Crippen molar-refractivity contribution in [2.24, 2.45) is 0 Å². The Hall–Kier alpha value is -1.57. The Morgan fingerprint density at radius 2 is 2.00 bits per heavy atom. The highest BCUT2D eigenvalue weighted by atomic mass is 16.5. The lowest BCUT2D eigenvalue weighted by Gasteiger charge is -2.31. The van der Waals surface area contributed by atoms with Crippen LogP contribution >= 0.6 is 0 Å². The third-order valence-electron chi connectivity index (χ3n) is 2.81. The Bertz CT molecular complexity index is 401. The largest absolute Gasteiger partial charge is 0.383 e. The SMILES string of the molecule is COCCN(c1ccccc1C#N)C(C)COC. The summed E-state index contributed by atoms with van der Waals surface area (Å²) in [6.45, 7) is 4.05. The van der Waals surface area contributed by atoms with E-state index in [1.165, 1.54) is 0 Å². The monoisotopic (exact) mass is 248 g/mol. The van der Waals surface area contributed by atoms with E-state index in [1.807, 2.05) is 24.3 Å². The van der Waals surface area contributed by atoms with Crippen LogP contribution in [-0.2, 0) is 9.47 Å². The lowest BCUT2D eigenvalue weighted by Crippen LogP contribution is -2.39. The zero-order chi connectivity index (χ0) is 13.4. The van der Waals surface area contributed by atoms with Crippen molar-refractivity contribution < 1.29 is 9.47 Å². The van der Waals surface area contributed by atoms with Crippen LogP contribution in [0.5, 0.6) is 0 Å². The molecule has 0 bridgehead atoms. The van der Waals surface area contributed by atoms with Crippen molar-refractivity contribution in [3.05, 3.63) is 29.8 Å². The summed E-state index contributed by atoms with van der Waals surface area (Å²) in [7, 11) is 3.36. The standard InChI is InChI=1S/C14H20N2O2/c1-12(11-18-3)16(8-9-17-2)14-7-5-4-6-13(14)10-15/h4-7,12H,8-9,11H2,1-3H3. The molecule has 0 saturated carbocycles. The molecule has 0 aliphatic rings. The number of hydrogen-bond donors (Lipinski definition) is 0. The minimum atomic E-state index is 0.194. The number of benzene rings is 1. The van der Waals surface area contributed by atoms with Crippen molar-refractivity contribution >= 4 is 5.69 Å². The molecule has 0 amide bonds. The van der Waals surface area contributed by atoms with E-state index in [4.69, 9.17) is 14.7 Å². The minimum Gasteiger partial charge on any atom is -0.383 e. The van der Waals surface area contributed by atoms with Crippen molar-refractivity contribution in [3.8, 4) is 6.07 Å². The fraction of sp³-hybridized carbons (Fsp3) is 0.500. The molecule has 0 aliphatic carbocycles. The van der Waals surface area contributed by atoms with Crippen LogP contribution in [0.2, 0.25) is 0 Å². The summed E-state index contributed by atoms with van der Waals surface area (Å²) in [5, 5.41) is 9.17. The van der Waals surface area contributed by atoms with E-state index in [0.29, 0.717) is 18.8 Å². The highest BCUT2D eigenvalue weighted by Crippen LogP contribution is 2.21. The quantitative estimate of drug-likeness (QED) is 0.741. The van der Waals surface area contributed by atoms with Crippen molar-refractivity contribution in [3.63, 3.8) is 0 Å². The molecule has 0 aliphatic heterocycles. The normalized spacial score (nSPS) is 11.9. The molecule has 0 radical (unpaired) electrons. The van der Waals surface area contributed by atoms with E-state index in [9.17, 15) is 0 Å². The van der Waals surface area contributed by atoms with Gasteiger partial charge in [0.1, 0.15) is 6.07 Å². The molecule has 4 heteroatoms.